The Morgan fingerprint density at radius 3 is 2.19 bits per heavy atom. The lowest BCUT2D eigenvalue weighted by Crippen LogP contribution is -2.45. The summed E-state index contributed by atoms with van der Waals surface area (Å²) in [4.78, 5) is 15.1. The third-order valence-corrected chi connectivity index (χ3v) is 7.83. The van der Waals surface area contributed by atoms with Gasteiger partial charge in [-0.25, -0.2) is 12.8 Å². The Kier molecular flexibility index (Phi) is 7.10. The summed E-state index contributed by atoms with van der Waals surface area (Å²) in [6.45, 7) is 3.23. The van der Waals surface area contributed by atoms with Crippen LogP contribution in [0.5, 0.6) is 0 Å². The number of carbonyl (C=O) groups excluding carboxylic acids is 1. The van der Waals surface area contributed by atoms with Crippen LogP contribution in [-0.4, -0.2) is 44.9 Å². The summed E-state index contributed by atoms with van der Waals surface area (Å²) < 4.78 is 40.3. The van der Waals surface area contributed by atoms with Gasteiger partial charge < -0.3 is 10.2 Å². The number of likely N-dealkylation sites (tertiary alicyclic amines) is 1. The van der Waals surface area contributed by atoms with E-state index in [-0.39, 0.29) is 16.8 Å². The standard InChI is InChI=1S/C24H30FN3O3S/c25-20-7-11-23(12-8-20)32(30,31)27-22-9-5-19(6-10-22)24(29)26-21-13-15-28(16-14-21)17-18-3-1-2-4-18/h5-12,18,21,27H,1-4,13-17H2,(H,26,29). The molecule has 172 valence electrons. The van der Waals surface area contributed by atoms with Crippen molar-refractivity contribution in [2.45, 2.75) is 49.5 Å². The summed E-state index contributed by atoms with van der Waals surface area (Å²) in [6, 6.07) is 11.1. The zero-order valence-electron chi connectivity index (χ0n) is 18.1. The van der Waals surface area contributed by atoms with Crippen LogP contribution in [0.2, 0.25) is 0 Å². The van der Waals surface area contributed by atoms with Crippen LogP contribution < -0.4 is 10.0 Å². The van der Waals surface area contributed by atoms with Crippen molar-refractivity contribution >= 4 is 21.6 Å². The number of amides is 1. The Morgan fingerprint density at radius 1 is 0.938 bits per heavy atom. The molecule has 1 aliphatic heterocycles. The van der Waals surface area contributed by atoms with Gasteiger partial charge in [0.1, 0.15) is 5.82 Å². The van der Waals surface area contributed by atoms with Crippen molar-refractivity contribution in [3.8, 4) is 0 Å². The van der Waals surface area contributed by atoms with E-state index in [0.717, 1.165) is 44.0 Å². The van der Waals surface area contributed by atoms with Crippen LogP contribution in [0.4, 0.5) is 10.1 Å². The largest absolute Gasteiger partial charge is 0.349 e. The first-order valence-corrected chi connectivity index (χ1v) is 12.8. The predicted molar refractivity (Wildman–Crippen MR) is 123 cm³/mol. The molecule has 1 saturated heterocycles. The van der Waals surface area contributed by atoms with E-state index in [1.807, 2.05) is 0 Å². The number of sulfonamides is 1. The summed E-state index contributed by atoms with van der Waals surface area (Å²) in [7, 11) is -3.82. The monoisotopic (exact) mass is 459 g/mol. The van der Waals surface area contributed by atoms with Crippen molar-refractivity contribution in [3.05, 3.63) is 59.9 Å². The van der Waals surface area contributed by atoms with Crippen molar-refractivity contribution < 1.29 is 17.6 Å². The quantitative estimate of drug-likeness (QED) is 0.656. The molecule has 2 aromatic carbocycles. The summed E-state index contributed by atoms with van der Waals surface area (Å²) >= 11 is 0. The van der Waals surface area contributed by atoms with E-state index in [1.54, 1.807) is 24.3 Å². The minimum atomic E-state index is -3.82. The van der Waals surface area contributed by atoms with Crippen molar-refractivity contribution in [2.75, 3.05) is 24.4 Å². The summed E-state index contributed by atoms with van der Waals surface area (Å²) in [5.74, 6) is 0.200. The molecule has 2 N–H and O–H groups in total. The molecule has 32 heavy (non-hydrogen) atoms. The molecule has 0 aromatic heterocycles. The van der Waals surface area contributed by atoms with Crippen LogP contribution >= 0.6 is 0 Å². The lowest BCUT2D eigenvalue weighted by atomic mass is 10.0. The van der Waals surface area contributed by atoms with Gasteiger partial charge in [0.15, 0.2) is 0 Å². The minimum Gasteiger partial charge on any atom is -0.349 e. The highest BCUT2D eigenvalue weighted by Gasteiger charge is 2.24. The van der Waals surface area contributed by atoms with Crippen LogP contribution in [0.1, 0.15) is 48.9 Å². The molecule has 2 aliphatic rings. The van der Waals surface area contributed by atoms with Crippen molar-refractivity contribution in [1.82, 2.24) is 10.2 Å². The molecule has 1 aliphatic carbocycles. The molecule has 0 spiro atoms. The van der Waals surface area contributed by atoms with E-state index >= 15 is 0 Å². The maximum absolute atomic E-state index is 13.0. The number of piperidine rings is 1. The van der Waals surface area contributed by atoms with Gasteiger partial charge in [-0.15, -0.1) is 0 Å². The number of nitrogens with zero attached hydrogens (tertiary/aromatic N) is 1. The normalized spacial score (nSPS) is 18.5. The van der Waals surface area contributed by atoms with Crippen LogP contribution in [-0.2, 0) is 10.0 Å². The third-order valence-electron chi connectivity index (χ3n) is 6.44. The van der Waals surface area contributed by atoms with Crippen LogP contribution in [0.15, 0.2) is 53.4 Å². The Balaban J connectivity index is 1.27. The van der Waals surface area contributed by atoms with Crippen molar-refractivity contribution in [2.24, 2.45) is 5.92 Å². The maximum atomic E-state index is 13.0. The van der Waals surface area contributed by atoms with Gasteiger partial charge in [-0.05, 0) is 80.1 Å². The van der Waals surface area contributed by atoms with E-state index in [4.69, 9.17) is 0 Å². The average Bonchev–Trinajstić information content (AvgIpc) is 3.29. The third kappa shape index (κ3) is 5.86. The van der Waals surface area contributed by atoms with Gasteiger partial charge in [-0.3, -0.25) is 9.52 Å². The second-order valence-electron chi connectivity index (χ2n) is 8.84. The number of rotatable bonds is 7. The number of anilines is 1. The van der Waals surface area contributed by atoms with Gasteiger partial charge >= 0.3 is 0 Å². The Morgan fingerprint density at radius 2 is 1.56 bits per heavy atom. The maximum Gasteiger partial charge on any atom is 0.261 e. The van der Waals surface area contributed by atoms with Gasteiger partial charge in [-0.1, -0.05) is 12.8 Å². The highest BCUT2D eigenvalue weighted by atomic mass is 32.2. The number of halogens is 1. The number of carbonyl (C=O) groups is 1. The minimum absolute atomic E-state index is 0.0278. The van der Waals surface area contributed by atoms with Gasteiger partial charge in [-0.2, -0.15) is 0 Å². The molecule has 1 heterocycles. The highest BCUT2D eigenvalue weighted by Crippen LogP contribution is 2.26. The lowest BCUT2D eigenvalue weighted by molar-refractivity contribution is 0.0905. The lowest BCUT2D eigenvalue weighted by Gasteiger charge is -2.33. The number of nitrogens with one attached hydrogen (secondary N) is 2. The van der Waals surface area contributed by atoms with Crippen molar-refractivity contribution in [1.29, 1.82) is 0 Å². The van der Waals surface area contributed by atoms with Gasteiger partial charge in [0.05, 0.1) is 4.90 Å². The SMILES string of the molecule is O=C(NC1CCN(CC2CCCC2)CC1)c1ccc(NS(=O)(=O)c2ccc(F)cc2)cc1. The van der Waals surface area contributed by atoms with Crippen LogP contribution in [0, 0.1) is 11.7 Å². The first kappa shape index (κ1) is 22.7. The molecule has 0 unspecified atom stereocenters. The summed E-state index contributed by atoms with van der Waals surface area (Å²) in [5.41, 5.74) is 0.828. The fourth-order valence-electron chi connectivity index (χ4n) is 4.60. The van der Waals surface area contributed by atoms with Gasteiger partial charge in [0.25, 0.3) is 15.9 Å². The van der Waals surface area contributed by atoms with E-state index < -0.39 is 15.8 Å². The molecule has 8 heteroatoms. The van der Waals surface area contributed by atoms with E-state index in [2.05, 4.69) is 14.9 Å². The molecular formula is C24H30FN3O3S. The number of hydrogen-bond acceptors (Lipinski definition) is 4. The fraction of sp³-hybridized carbons (Fsp3) is 0.458. The molecular weight excluding hydrogens is 429 g/mol. The first-order chi connectivity index (χ1) is 15.4. The summed E-state index contributed by atoms with van der Waals surface area (Å²) in [5, 5.41) is 3.11. The molecule has 0 bridgehead atoms. The molecule has 4 rings (SSSR count). The molecule has 0 radical (unpaired) electrons. The highest BCUT2D eigenvalue weighted by molar-refractivity contribution is 7.92. The smallest absolute Gasteiger partial charge is 0.261 e. The predicted octanol–water partition coefficient (Wildman–Crippen LogP) is 4.01. The second-order valence-corrected chi connectivity index (χ2v) is 10.5. The number of hydrogen-bond donors (Lipinski definition) is 2. The second kappa shape index (κ2) is 10.0. The molecule has 1 saturated carbocycles. The molecule has 2 aromatic rings. The van der Waals surface area contributed by atoms with Crippen molar-refractivity contribution in [3.63, 3.8) is 0 Å². The van der Waals surface area contributed by atoms with E-state index in [0.29, 0.717) is 11.3 Å². The number of benzene rings is 2. The fourth-order valence-corrected chi connectivity index (χ4v) is 5.66. The molecule has 6 nitrogen and oxygen atoms in total. The van der Waals surface area contributed by atoms with E-state index in [1.165, 1.54) is 44.4 Å². The topological polar surface area (TPSA) is 78.5 Å². The zero-order chi connectivity index (χ0) is 22.6. The van der Waals surface area contributed by atoms with Crippen LogP contribution in [0.3, 0.4) is 0 Å². The van der Waals surface area contributed by atoms with E-state index in [9.17, 15) is 17.6 Å². The Bertz CT molecular complexity index is 1010. The molecule has 1 amide bonds. The molecule has 0 atom stereocenters. The Labute approximate surface area is 189 Å². The van der Waals surface area contributed by atoms with Crippen LogP contribution in [0.25, 0.3) is 0 Å². The molecule has 2 fully saturated rings. The first-order valence-electron chi connectivity index (χ1n) is 11.3. The van der Waals surface area contributed by atoms with Gasteiger partial charge in [0.2, 0.25) is 0 Å². The Hall–Kier alpha value is -2.45. The van der Waals surface area contributed by atoms with Gasteiger partial charge in [0, 0.05) is 36.9 Å². The zero-order valence-corrected chi connectivity index (χ0v) is 18.9. The summed E-state index contributed by atoms with van der Waals surface area (Å²) in [6.07, 6.45) is 7.34. The average molecular weight is 460 g/mol.